The molecule has 2 aliphatic rings. The number of ether oxygens (including phenoxy) is 1. The molecule has 0 saturated carbocycles. The van der Waals surface area contributed by atoms with Crippen molar-refractivity contribution in [2.45, 2.75) is 44.0 Å². The van der Waals surface area contributed by atoms with Gasteiger partial charge in [-0.1, -0.05) is 0 Å². The molecule has 3 heterocycles. The van der Waals surface area contributed by atoms with Gasteiger partial charge in [0.1, 0.15) is 0 Å². The minimum Gasteiger partial charge on any atom is -0.372 e. The molecule has 0 spiro atoms. The molecule has 8 heteroatoms. The van der Waals surface area contributed by atoms with E-state index in [1.54, 1.807) is 0 Å². The molecule has 1 aromatic rings. The smallest absolute Gasteiger partial charge is 0.288 e. The lowest BCUT2D eigenvalue weighted by Crippen LogP contribution is -2.37. The maximum Gasteiger partial charge on any atom is 0.288 e. The van der Waals surface area contributed by atoms with Gasteiger partial charge in [0.15, 0.2) is 0 Å². The van der Waals surface area contributed by atoms with E-state index in [2.05, 4.69) is 14.6 Å². The summed E-state index contributed by atoms with van der Waals surface area (Å²) in [5.41, 5.74) is 6.79. The van der Waals surface area contributed by atoms with E-state index < -0.39 is 20.4 Å². The van der Waals surface area contributed by atoms with Gasteiger partial charge in [-0.2, -0.15) is 9.46 Å². The summed E-state index contributed by atoms with van der Waals surface area (Å²) in [7, 11) is -2.65. The zero-order valence-electron chi connectivity index (χ0n) is 13.6. The summed E-state index contributed by atoms with van der Waals surface area (Å²) in [4.78, 5) is 12.6. The topological polar surface area (TPSA) is 110 Å². The third-order valence-electron chi connectivity index (χ3n) is 5.21. The number of rotatable bonds is 3. The van der Waals surface area contributed by atoms with Gasteiger partial charge in [-0.05, 0) is 45.6 Å². The molecule has 3 N–H and O–H groups in total. The van der Waals surface area contributed by atoms with Gasteiger partial charge in [0, 0.05) is 12.4 Å². The number of nitrogens with two attached hydrogens (primary N) is 1. The number of aromatic nitrogens is 2. The average molecular weight is 340 g/mol. The van der Waals surface area contributed by atoms with Crippen molar-refractivity contribution in [1.82, 2.24) is 10.2 Å². The van der Waals surface area contributed by atoms with Crippen molar-refractivity contribution in [1.29, 1.82) is 0 Å². The second-order valence-electron chi connectivity index (χ2n) is 6.76. The second kappa shape index (κ2) is 5.99. The lowest BCUT2D eigenvalue weighted by atomic mass is 9.93. The van der Waals surface area contributed by atoms with E-state index >= 15 is 0 Å². The summed E-state index contributed by atoms with van der Waals surface area (Å²) in [5.74, 6) is 0.0642. The van der Waals surface area contributed by atoms with E-state index in [0.29, 0.717) is 30.2 Å². The quantitative estimate of drug-likeness (QED) is 0.869. The van der Waals surface area contributed by atoms with Gasteiger partial charge < -0.3 is 10.5 Å². The van der Waals surface area contributed by atoms with Crippen LogP contribution in [0.5, 0.6) is 0 Å². The van der Waals surface area contributed by atoms with Gasteiger partial charge >= 0.3 is 0 Å². The van der Waals surface area contributed by atoms with Crippen LogP contribution in [-0.4, -0.2) is 44.0 Å². The van der Waals surface area contributed by atoms with Crippen molar-refractivity contribution in [3.63, 3.8) is 0 Å². The normalized spacial score (nSPS) is 33.0. The molecule has 3 atom stereocenters. The van der Waals surface area contributed by atoms with Crippen molar-refractivity contribution in [2.24, 2.45) is 16.0 Å². The molecule has 0 aliphatic carbocycles. The number of hydrogen-bond acceptors (Lipinski definition) is 5. The molecule has 3 unspecified atom stereocenters. The molecule has 2 saturated heterocycles. The monoisotopic (exact) mass is 340 g/mol. The molecular weight excluding hydrogens is 316 g/mol. The summed E-state index contributed by atoms with van der Waals surface area (Å²) in [6.45, 7) is 4.93. The number of hydrogen-bond donors (Lipinski definition) is 2. The molecule has 2 fully saturated rings. The second-order valence-corrected chi connectivity index (χ2v) is 9.69. The Labute approximate surface area is 136 Å². The first kappa shape index (κ1) is 16.6. The predicted octanol–water partition coefficient (Wildman–Crippen LogP) is 1.63. The Morgan fingerprint density at radius 2 is 2.35 bits per heavy atom. The van der Waals surface area contributed by atoms with Crippen LogP contribution in [0, 0.1) is 5.92 Å². The van der Waals surface area contributed by atoms with Crippen LogP contribution in [0.2, 0.25) is 0 Å². The summed E-state index contributed by atoms with van der Waals surface area (Å²) in [5, 5.41) is 6.79. The van der Waals surface area contributed by atoms with Gasteiger partial charge in [-0.25, -0.2) is 4.21 Å². The first-order valence-corrected chi connectivity index (χ1v) is 9.71. The minimum atomic E-state index is -2.65. The maximum atomic E-state index is 13.2. The minimum absolute atomic E-state index is 0.119. The molecule has 0 radical (unpaired) electrons. The number of H-pyrrole nitrogens is 1. The standard InChI is InChI=1S/C15H24N4O3S/c1-15(2)10(8-16)5-7-23(15,21)19-14(20)11-9-17-18-13(11)12-4-3-6-22-12/h9-10,12H,3-8,16H2,1-2H3,(H,17,18). The predicted molar refractivity (Wildman–Crippen MR) is 87.5 cm³/mol. The van der Waals surface area contributed by atoms with Crippen LogP contribution in [-0.2, 0) is 14.5 Å². The molecule has 2 aliphatic heterocycles. The van der Waals surface area contributed by atoms with Gasteiger partial charge in [-0.3, -0.25) is 9.89 Å². The SMILES string of the molecule is CC1(C)C(CN)CCS1(=O)=NC(=O)c1cn[nH]c1C1CCCO1. The van der Waals surface area contributed by atoms with Crippen molar-refractivity contribution in [3.8, 4) is 0 Å². The van der Waals surface area contributed by atoms with E-state index in [1.165, 1.54) is 6.20 Å². The Morgan fingerprint density at radius 1 is 1.57 bits per heavy atom. The van der Waals surface area contributed by atoms with Crippen LogP contribution in [0.25, 0.3) is 0 Å². The highest BCUT2D eigenvalue weighted by Gasteiger charge is 2.45. The average Bonchev–Trinajstić information content (AvgIpc) is 3.20. The highest BCUT2D eigenvalue weighted by Crippen LogP contribution is 2.39. The third kappa shape index (κ3) is 2.72. The van der Waals surface area contributed by atoms with E-state index in [4.69, 9.17) is 10.5 Å². The zero-order valence-corrected chi connectivity index (χ0v) is 14.4. The van der Waals surface area contributed by atoms with Crippen LogP contribution < -0.4 is 5.73 Å². The van der Waals surface area contributed by atoms with Crippen molar-refractivity contribution in [2.75, 3.05) is 18.9 Å². The highest BCUT2D eigenvalue weighted by molar-refractivity contribution is 7.95. The number of nitrogens with zero attached hydrogens (tertiary/aromatic N) is 2. The first-order valence-electron chi connectivity index (χ1n) is 8.02. The molecule has 3 rings (SSSR count). The summed E-state index contributed by atoms with van der Waals surface area (Å²) in [6, 6.07) is 0. The van der Waals surface area contributed by atoms with Gasteiger partial charge in [0.25, 0.3) is 5.91 Å². The lowest BCUT2D eigenvalue weighted by Gasteiger charge is -2.27. The Bertz CT molecular complexity index is 712. The third-order valence-corrected chi connectivity index (χ3v) is 8.44. The van der Waals surface area contributed by atoms with Crippen molar-refractivity contribution in [3.05, 3.63) is 17.5 Å². The van der Waals surface area contributed by atoms with Gasteiger partial charge in [-0.15, -0.1) is 0 Å². The van der Waals surface area contributed by atoms with E-state index in [0.717, 1.165) is 19.3 Å². The summed E-state index contributed by atoms with van der Waals surface area (Å²) in [6.07, 6.45) is 3.84. The van der Waals surface area contributed by atoms with Crippen molar-refractivity contribution < 1.29 is 13.7 Å². The highest BCUT2D eigenvalue weighted by atomic mass is 32.2. The van der Waals surface area contributed by atoms with E-state index in [9.17, 15) is 9.00 Å². The largest absolute Gasteiger partial charge is 0.372 e. The molecule has 7 nitrogen and oxygen atoms in total. The molecule has 128 valence electrons. The molecular formula is C15H24N4O3S. The fourth-order valence-corrected chi connectivity index (χ4v) is 6.00. The van der Waals surface area contributed by atoms with Crippen LogP contribution in [0.1, 0.15) is 55.3 Å². The molecule has 1 aromatic heterocycles. The Kier molecular flexibility index (Phi) is 4.33. The molecule has 0 aromatic carbocycles. The fourth-order valence-electron chi connectivity index (χ4n) is 3.44. The van der Waals surface area contributed by atoms with Crippen LogP contribution in [0.3, 0.4) is 0 Å². The molecule has 23 heavy (non-hydrogen) atoms. The number of carbonyl (C=O) groups is 1. The summed E-state index contributed by atoms with van der Waals surface area (Å²) >= 11 is 0. The Hall–Kier alpha value is -1.25. The Morgan fingerprint density at radius 3 is 2.96 bits per heavy atom. The first-order chi connectivity index (χ1) is 10.9. The molecule has 0 bridgehead atoms. The Balaban J connectivity index is 1.93. The number of nitrogens with one attached hydrogen (secondary N) is 1. The number of aromatic amines is 1. The van der Waals surface area contributed by atoms with Gasteiger partial charge in [0.2, 0.25) is 0 Å². The lowest BCUT2D eigenvalue weighted by molar-refractivity contribution is 0.0965. The van der Waals surface area contributed by atoms with Crippen molar-refractivity contribution >= 4 is 15.6 Å². The van der Waals surface area contributed by atoms with Crippen LogP contribution in [0.15, 0.2) is 10.6 Å². The fraction of sp³-hybridized carbons (Fsp3) is 0.733. The van der Waals surface area contributed by atoms with E-state index in [1.807, 2.05) is 13.8 Å². The molecule has 1 amide bonds. The maximum absolute atomic E-state index is 13.2. The van der Waals surface area contributed by atoms with E-state index in [-0.39, 0.29) is 12.0 Å². The number of carbonyl (C=O) groups excluding carboxylic acids is 1. The van der Waals surface area contributed by atoms with Crippen LogP contribution in [0.4, 0.5) is 0 Å². The zero-order chi connectivity index (χ0) is 16.7. The van der Waals surface area contributed by atoms with Crippen LogP contribution >= 0.6 is 0 Å². The number of amides is 1. The van der Waals surface area contributed by atoms with Gasteiger partial charge in [0.05, 0.1) is 38.0 Å². The summed E-state index contributed by atoms with van der Waals surface area (Å²) < 4.78 is 22.4.